The van der Waals surface area contributed by atoms with Crippen LogP contribution in [0, 0.1) is 0 Å². The smallest absolute Gasteiger partial charge is 0.255 e. The van der Waals surface area contributed by atoms with Crippen molar-refractivity contribution in [2.24, 2.45) is 0 Å². The Morgan fingerprint density at radius 1 is 1.07 bits per heavy atom. The summed E-state index contributed by atoms with van der Waals surface area (Å²) in [5, 5.41) is 12.6. The first kappa shape index (κ1) is 19.4. The Hall–Kier alpha value is -2.41. The molecule has 0 aliphatic carbocycles. The molecule has 0 aromatic heterocycles. The summed E-state index contributed by atoms with van der Waals surface area (Å²) in [6.07, 6.45) is 1.05. The van der Waals surface area contributed by atoms with E-state index in [1.807, 2.05) is 54.6 Å². The number of hydrogen-bond donors (Lipinski definition) is 3. The van der Waals surface area contributed by atoms with E-state index in [0.29, 0.717) is 0 Å². The molecule has 1 amide bonds. The topological polar surface area (TPSA) is 73.8 Å². The van der Waals surface area contributed by atoms with Crippen molar-refractivity contribution in [2.75, 3.05) is 44.7 Å². The highest BCUT2D eigenvalue weighted by Crippen LogP contribution is 2.26. The molecule has 0 saturated carbocycles. The van der Waals surface area contributed by atoms with Gasteiger partial charge in [-0.05, 0) is 36.2 Å². The third kappa shape index (κ3) is 5.53. The Bertz CT molecular complexity index is 718. The summed E-state index contributed by atoms with van der Waals surface area (Å²) in [5.41, 5.74) is 4.45. The second-order valence-electron chi connectivity index (χ2n) is 6.68. The molecule has 0 bridgehead atoms. The van der Waals surface area contributed by atoms with Crippen LogP contribution in [0.3, 0.4) is 0 Å². The van der Waals surface area contributed by atoms with Gasteiger partial charge in [-0.1, -0.05) is 42.5 Å². The number of hydroxylamine groups is 1. The fraction of sp³-hybridized carbons (Fsp3) is 0.381. The number of nitrogens with zero attached hydrogens (tertiary/aromatic N) is 1. The lowest BCUT2D eigenvalue weighted by Gasteiger charge is -2.26. The van der Waals surface area contributed by atoms with Crippen molar-refractivity contribution in [3.63, 3.8) is 0 Å². The maximum Gasteiger partial charge on any atom is 0.255 e. The number of anilines is 1. The van der Waals surface area contributed by atoms with Gasteiger partial charge >= 0.3 is 0 Å². The Balaban J connectivity index is 1.61. The van der Waals surface area contributed by atoms with Crippen LogP contribution < -0.4 is 10.8 Å². The molecular formula is C21H27N3O3. The highest BCUT2D eigenvalue weighted by Gasteiger charge is 2.22. The number of nitrogens with one attached hydrogen (secondary N) is 2. The number of benzene rings is 2. The molecule has 144 valence electrons. The van der Waals surface area contributed by atoms with Crippen LogP contribution in [0.2, 0.25) is 0 Å². The average molecular weight is 369 g/mol. The fourth-order valence-electron chi connectivity index (χ4n) is 3.39. The van der Waals surface area contributed by atoms with Crippen molar-refractivity contribution in [2.45, 2.75) is 12.3 Å². The SMILES string of the molecule is O=C(NO)C(c1ccccc1)c1cccc(NCCCN2CCOCC2)c1. The molecule has 2 aromatic rings. The van der Waals surface area contributed by atoms with Gasteiger partial charge in [0.1, 0.15) is 0 Å². The number of carbonyl (C=O) groups is 1. The number of rotatable bonds is 8. The van der Waals surface area contributed by atoms with E-state index in [1.54, 1.807) is 5.48 Å². The average Bonchev–Trinajstić information content (AvgIpc) is 2.73. The van der Waals surface area contributed by atoms with Gasteiger partial charge in [-0.15, -0.1) is 0 Å². The summed E-state index contributed by atoms with van der Waals surface area (Å²) in [4.78, 5) is 14.7. The summed E-state index contributed by atoms with van der Waals surface area (Å²) < 4.78 is 5.37. The third-order valence-corrected chi connectivity index (χ3v) is 4.81. The van der Waals surface area contributed by atoms with Crippen LogP contribution in [0.15, 0.2) is 54.6 Å². The van der Waals surface area contributed by atoms with Crippen molar-refractivity contribution < 1.29 is 14.7 Å². The zero-order valence-electron chi connectivity index (χ0n) is 15.4. The van der Waals surface area contributed by atoms with Crippen molar-refractivity contribution >= 4 is 11.6 Å². The van der Waals surface area contributed by atoms with Gasteiger partial charge in [0.05, 0.1) is 19.1 Å². The van der Waals surface area contributed by atoms with Crippen LogP contribution in [-0.2, 0) is 9.53 Å². The molecule has 1 fully saturated rings. The lowest BCUT2D eigenvalue weighted by atomic mass is 9.90. The minimum atomic E-state index is -0.550. The van der Waals surface area contributed by atoms with Crippen molar-refractivity contribution in [3.8, 4) is 0 Å². The minimum absolute atomic E-state index is 0.439. The maximum atomic E-state index is 12.3. The standard InChI is InChI=1S/C21H27N3O3/c25-21(23-26)20(17-6-2-1-3-7-17)18-8-4-9-19(16-18)22-10-5-11-24-12-14-27-15-13-24/h1-4,6-9,16,20,22,26H,5,10-15H2,(H,23,25). The lowest BCUT2D eigenvalue weighted by Crippen LogP contribution is -2.37. The molecule has 1 aliphatic heterocycles. The molecule has 27 heavy (non-hydrogen) atoms. The number of carbonyl (C=O) groups excluding carboxylic acids is 1. The molecule has 1 saturated heterocycles. The summed E-state index contributed by atoms with van der Waals surface area (Å²) >= 11 is 0. The molecule has 2 aromatic carbocycles. The van der Waals surface area contributed by atoms with Crippen molar-refractivity contribution in [1.82, 2.24) is 10.4 Å². The first-order chi connectivity index (χ1) is 13.3. The van der Waals surface area contributed by atoms with E-state index >= 15 is 0 Å². The summed E-state index contributed by atoms with van der Waals surface area (Å²) in [5.74, 6) is -0.989. The van der Waals surface area contributed by atoms with Gasteiger partial charge in [0, 0.05) is 25.3 Å². The summed E-state index contributed by atoms with van der Waals surface area (Å²) in [6, 6.07) is 17.3. The fourth-order valence-corrected chi connectivity index (χ4v) is 3.39. The van der Waals surface area contributed by atoms with E-state index in [0.717, 1.165) is 62.6 Å². The normalized spacial score (nSPS) is 15.9. The second kappa shape index (κ2) is 10.1. The van der Waals surface area contributed by atoms with Crippen LogP contribution in [0.25, 0.3) is 0 Å². The van der Waals surface area contributed by atoms with Crippen LogP contribution in [0.4, 0.5) is 5.69 Å². The van der Waals surface area contributed by atoms with Gasteiger partial charge in [-0.3, -0.25) is 14.9 Å². The second-order valence-corrected chi connectivity index (χ2v) is 6.68. The lowest BCUT2D eigenvalue weighted by molar-refractivity contribution is -0.129. The molecule has 1 heterocycles. The van der Waals surface area contributed by atoms with Gasteiger partial charge in [-0.2, -0.15) is 0 Å². The van der Waals surface area contributed by atoms with Crippen LogP contribution in [-0.4, -0.2) is 55.4 Å². The quantitative estimate of drug-likeness (QED) is 0.379. The van der Waals surface area contributed by atoms with E-state index in [2.05, 4.69) is 10.2 Å². The van der Waals surface area contributed by atoms with Gasteiger partial charge in [0.2, 0.25) is 0 Å². The molecule has 1 unspecified atom stereocenters. The molecule has 6 heteroatoms. The monoisotopic (exact) mass is 369 g/mol. The highest BCUT2D eigenvalue weighted by molar-refractivity contribution is 5.86. The van der Waals surface area contributed by atoms with E-state index in [1.165, 1.54) is 0 Å². The van der Waals surface area contributed by atoms with Crippen molar-refractivity contribution in [3.05, 3.63) is 65.7 Å². The number of morpholine rings is 1. The predicted molar refractivity (Wildman–Crippen MR) is 105 cm³/mol. The molecular weight excluding hydrogens is 342 g/mol. The summed E-state index contributed by atoms with van der Waals surface area (Å²) in [7, 11) is 0. The number of amides is 1. The molecule has 1 aliphatic rings. The number of ether oxygens (including phenoxy) is 1. The maximum absolute atomic E-state index is 12.3. The zero-order chi connectivity index (χ0) is 18.9. The molecule has 3 N–H and O–H groups in total. The van der Waals surface area contributed by atoms with Crippen LogP contribution in [0.1, 0.15) is 23.5 Å². The van der Waals surface area contributed by atoms with E-state index in [9.17, 15) is 4.79 Å². The Labute approximate surface area is 160 Å². The molecule has 0 radical (unpaired) electrons. The molecule has 0 spiro atoms. The highest BCUT2D eigenvalue weighted by atomic mass is 16.5. The van der Waals surface area contributed by atoms with Crippen molar-refractivity contribution in [1.29, 1.82) is 0 Å². The molecule has 1 atom stereocenters. The van der Waals surface area contributed by atoms with Gasteiger partial charge in [0.15, 0.2) is 0 Å². The summed E-state index contributed by atoms with van der Waals surface area (Å²) in [6.45, 7) is 5.57. The van der Waals surface area contributed by atoms with Crippen LogP contribution >= 0.6 is 0 Å². The van der Waals surface area contributed by atoms with E-state index in [-0.39, 0.29) is 0 Å². The van der Waals surface area contributed by atoms with E-state index < -0.39 is 11.8 Å². The van der Waals surface area contributed by atoms with Crippen LogP contribution in [0.5, 0.6) is 0 Å². The van der Waals surface area contributed by atoms with Gasteiger partial charge < -0.3 is 10.1 Å². The first-order valence-electron chi connectivity index (χ1n) is 9.41. The zero-order valence-corrected chi connectivity index (χ0v) is 15.4. The first-order valence-corrected chi connectivity index (χ1v) is 9.41. The minimum Gasteiger partial charge on any atom is -0.385 e. The Morgan fingerprint density at radius 2 is 1.81 bits per heavy atom. The molecule has 6 nitrogen and oxygen atoms in total. The Kier molecular flexibility index (Phi) is 7.21. The van der Waals surface area contributed by atoms with E-state index in [4.69, 9.17) is 9.94 Å². The number of hydrogen-bond acceptors (Lipinski definition) is 5. The largest absolute Gasteiger partial charge is 0.385 e. The predicted octanol–water partition coefficient (Wildman–Crippen LogP) is 2.46. The Morgan fingerprint density at radius 3 is 2.56 bits per heavy atom. The molecule has 3 rings (SSSR count). The van der Waals surface area contributed by atoms with Gasteiger partial charge in [-0.25, -0.2) is 5.48 Å². The third-order valence-electron chi connectivity index (χ3n) is 4.81. The van der Waals surface area contributed by atoms with Gasteiger partial charge in [0.25, 0.3) is 5.91 Å².